The first-order valence-corrected chi connectivity index (χ1v) is 8.13. The Kier molecular flexibility index (Phi) is 5.19. The van der Waals surface area contributed by atoms with E-state index in [1.807, 2.05) is 6.07 Å². The fraction of sp³-hybridized carbons (Fsp3) is 0.316. The molecule has 0 saturated carbocycles. The molecular formula is C19H21FN2O3. The quantitative estimate of drug-likeness (QED) is 0.926. The lowest BCUT2D eigenvalue weighted by Crippen LogP contribution is -2.48. The maximum Gasteiger partial charge on any atom is 0.258 e. The van der Waals surface area contributed by atoms with E-state index in [2.05, 4.69) is 5.32 Å². The Morgan fingerprint density at radius 2 is 2.04 bits per heavy atom. The summed E-state index contributed by atoms with van der Waals surface area (Å²) in [5.41, 5.74) is 1.24. The fourth-order valence-electron chi connectivity index (χ4n) is 3.09. The van der Waals surface area contributed by atoms with E-state index in [0.29, 0.717) is 36.7 Å². The lowest BCUT2D eigenvalue weighted by molar-refractivity contribution is 0.0630. The van der Waals surface area contributed by atoms with Crippen LogP contribution in [0.25, 0.3) is 0 Å². The molecule has 3 rings (SSSR count). The van der Waals surface area contributed by atoms with E-state index in [1.165, 1.54) is 19.2 Å². The number of piperazine rings is 1. The van der Waals surface area contributed by atoms with Gasteiger partial charge < -0.3 is 19.7 Å². The number of nitrogens with one attached hydrogen (secondary N) is 1. The van der Waals surface area contributed by atoms with Crippen molar-refractivity contribution in [2.75, 3.05) is 33.9 Å². The maximum absolute atomic E-state index is 13.6. The van der Waals surface area contributed by atoms with E-state index < -0.39 is 0 Å². The summed E-state index contributed by atoms with van der Waals surface area (Å²) in [7, 11) is 3.08. The number of amides is 1. The summed E-state index contributed by atoms with van der Waals surface area (Å²) in [4.78, 5) is 14.9. The number of benzene rings is 2. The molecule has 132 valence electrons. The van der Waals surface area contributed by atoms with Crippen molar-refractivity contribution in [1.29, 1.82) is 0 Å². The van der Waals surface area contributed by atoms with Gasteiger partial charge in [-0.25, -0.2) is 4.39 Å². The number of carbonyl (C=O) groups excluding carboxylic acids is 1. The maximum atomic E-state index is 13.6. The second kappa shape index (κ2) is 7.53. The van der Waals surface area contributed by atoms with Crippen LogP contribution in [0.2, 0.25) is 0 Å². The van der Waals surface area contributed by atoms with Gasteiger partial charge in [-0.2, -0.15) is 0 Å². The van der Waals surface area contributed by atoms with E-state index in [4.69, 9.17) is 9.47 Å². The van der Waals surface area contributed by atoms with Gasteiger partial charge in [0, 0.05) is 25.7 Å². The van der Waals surface area contributed by atoms with E-state index >= 15 is 0 Å². The van der Waals surface area contributed by atoms with E-state index in [9.17, 15) is 9.18 Å². The molecule has 1 aliphatic rings. The number of nitrogens with zero attached hydrogens (tertiary/aromatic N) is 1. The molecule has 1 N–H and O–H groups in total. The number of rotatable bonds is 4. The zero-order chi connectivity index (χ0) is 17.8. The highest BCUT2D eigenvalue weighted by Crippen LogP contribution is 2.30. The lowest BCUT2D eigenvalue weighted by Gasteiger charge is -2.37. The monoisotopic (exact) mass is 344 g/mol. The molecule has 0 bridgehead atoms. The zero-order valence-electron chi connectivity index (χ0n) is 14.3. The van der Waals surface area contributed by atoms with E-state index in [0.717, 1.165) is 5.56 Å². The highest BCUT2D eigenvalue weighted by Gasteiger charge is 2.30. The third kappa shape index (κ3) is 3.58. The van der Waals surface area contributed by atoms with Crippen molar-refractivity contribution in [2.24, 2.45) is 0 Å². The molecule has 2 aromatic rings. The van der Waals surface area contributed by atoms with Crippen LogP contribution in [-0.4, -0.2) is 44.7 Å². The predicted octanol–water partition coefficient (Wildman–Crippen LogP) is 2.63. The average molecular weight is 344 g/mol. The number of methoxy groups -OCH3 is 2. The molecule has 0 radical (unpaired) electrons. The highest BCUT2D eigenvalue weighted by atomic mass is 19.1. The summed E-state index contributed by atoms with van der Waals surface area (Å²) in [6, 6.07) is 11.3. The van der Waals surface area contributed by atoms with Crippen LogP contribution in [-0.2, 0) is 0 Å². The van der Waals surface area contributed by atoms with Crippen molar-refractivity contribution in [3.8, 4) is 11.5 Å². The van der Waals surface area contributed by atoms with Crippen molar-refractivity contribution in [3.05, 3.63) is 59.4 Å². The molecule has 5 nitrogen and oxygen atoms in total. The molecule has 0 aliphatic carbocycles. The minimum atomic E-state index is -0.308. The Bertz CT molecular complexity index is 766. The molecule has 2 aromatic carbocycles. The third-order valence-electron chi connectivity index (χ3n) is 4.38. The van der Waals surface area contributed by atoms with Gasteiger partial charge >= 0.3 is 0 Å². The number of hydrogen-bond acceptors (Lipinski definition) is 4. The minimum absolute atomic E-state index is 0.143. The van der Waals surface area contributed by atoms with Crippen LogP contribution < -0.4 is 14.8 Å². The van der Waals surface area contributed by atoms with Crippen LogP contribution in [0.4, 0.5) is 4.39 Å². The second-order valence-electron chi connectivity index (χ2n) is 5.84. The Hall–Kier alpha value is -2.60. The third-order valence-corrected chi connectivity index (χ3v) is 4.38. The van der Waals surface area contributed by atoms with Gasteiger partial charge in [0.1, 0.15) is 17.3 Å². The van der Waals surface area contributed by atoms with Crippen molar-refractivity contribution >= 4 is 5.91 Å². The number of ether oxygens (including phenoxy) is 2. The molecule has 1 atom stereocenters. The smallest absolute Gasteiger partial charge is 0.258 e. The second-order valence-corrected chi connectivity index (χ2v) is 5.84. The highest BCUT2D eigenvalue weighted by molar-refractivity contribution is 5.97. The minimum Gasteiger partial charge on any atom is -0.497 e. The molecular weight excluding hydrogens is 323 g/mol. The van der Waals surface area contributed by atoms with Crippen molar-refractivity contribution < 1.29 is 18.7 Å². The van der Waals surface area contributed by atoms with Crippen LogP contribution in [0, 0.1) is 5.82 Å². The first-order valence-electron chi connectivity index (χ1n) is 8.13. The van der Waals surface area contributed by atoms with Gasteiger partial charge in [0.15, 0.2) is 0 Å². The van der Waals surface area contributed by atoms with Gasteiger partial charge in [0.05, 0.1) is 25.8 Å². The van der Waals surface area contributed by atoms with Crippen LogP contribution in [0.5, 0.6) is 11.5 Å². The van der Waals surface area contributed by atoms with Crippen LogP contribution in [0.3, 0.4) is 0 Å². The Morgan fingerprint density at radius 3 is 2.76 bits per heavy atom. The van der Waals surface area contributed by atoms with Gasteiger partial charge in [-0.1, -0.05) is 12.1 Å². The predicted molar refractivity (Wildman–Crippen MR) is 92.6 cm³/mol. The molecule has 1 fully saturated rings. The molecule has 6 heteroatoms. The van der Waals surface area contributed by atoms with Crippen molar-refractivity contribution in [2.45, 2.75) is 6.04 Å². The Balaban J connectivity index is 1.94. The molecule has 0 spiro atoms. The van der Waals surface area contributed by atoms with Gasteiger partial charge in [-0.3, -0.25) is 4.79 Å². The van der Waals surface area contributed by atoms with Crippen LogP contribution in [0.15, 0.2) is 42.5 Å². The van der Waals surface area contributed by atoms with Gasteiger partial charge in [0.2, 0.25) is 0 Å². The fourth-order valence-corrected chi connectivity index (χ4v) is 3.09. The Morgan fingerprint density at radius 1 is 1.20 bits per heavy atom. The van der Waals surface area contributed by atoms with Crippen LogP contribution in [0.1, 0.15) is 22.0 Å². The molecule has 0 aromatic heterocycles. The zero-order valence-corrected chi connectivity index (χ0v) is 14.3. The molecule has 1 amide bonds. The van der Waals surface area contributed by atoms with Gasteiger partial charge in [-0.15, -0.1) is 0 Å². The topological polar surface area (TPSA) is 50.8 Å². The summed E-state index contributed by atoms with van der Waals surface area (Å²) in [5.74, 6) is 0.629. The summed E-state index contributed by atoms with van der Waals surface area (Å²) in [6.07, 6.45) is 0. The largest absolute Gasteiger partial charge is 0.497 e. The van der Waals surface area contributed by atoms with Gasteiger partial charge in [-0.05, 0) is 29.8 Å². The first-order chi connectivity index (χ1) is 12.1. The number of halogens is 1. The van der Waals surface area contributed by atoms with Gasteiger partial charge in [0.25, 0.3) is 5.91 Å². The summed E-state index contributed by atoms with van der Waals surface area (Å²) in [6.45, 7) is 1.80. The molecule has 1 heterocycles. The Labute approximate surface area is 146 Å². The number of hydrogen-bond donors (Lipinski definition) is 1. The average Bonchev–Trinajstić information content (AvgIpc) is 2.67. The molecule has 1 unspecified atom stereocenters. The van der Waals surface area contributed by atoms with Crippen molar-refractivity contribution in [1.82, 2.24) is 10.2 Å². The normalized spacial score (nSPS) is 17.2. The molecule has 1 aliphatic heterocycles. The summed E-state index contributed by atoms with van der Waals surface area (Å²) in [5, 5.41) is 3.27. The lowest BCUT2D eigenvalue weighted by atomic mass is 10.0. The standard InChI is InChI=1S/C19H21FN2O3/c1-24-15-6-7-16(18(11-15)25-2)19(23)22-9-8-21-12-17(22)13-4-3-5-14(20)10-13/h3-7,10-11,17,21H,8-9,12H2,1-2H3. The number of carbonyl (C=O) groups is 1. The molecule has 25 heavy (non-hydrogen) atoms. The SMILES string of the molecule is COc1ccc(C(=O)N2CCNCC2c2cccc(F)c2)c(OC)c1. The summed E-state index contributed by atoms with van der Waals surface area (Å²) >= 11 is 0. The first kappa shape index (κ1) is 17.2. The summed E-state index contributed by atoms with van der Waals surface area (Å²) < 4.78 is 24.2. The van der Waals surface area contributed by atoms with E-state index in [-0.39, 0.29) is 17.8 Å². The van der Waals surface area contributed by atoms with Crippen LogP contribution >= 0.6 is 0 Å². The van der Waals surface area contributed by atoms with Crippen molar-refractivity contribution in [3.63, 3.8) is 0 Å². The van der Waals surface area contributed by atoms with E-state index in [1.54, 1.807) is 36.3 Å². The molecule has 1 saturated heterocycles.